The number of halogens is 1. The summed E-state index contributed by atoms with van der Waals surface area (Å²) in [5.74, 6) is -0.0995. The average Bonchev–Trinajstić information content (AvgIpc) is 2.35. The fourth-order valence-corrected chi connectivity index (χ4v) is 1.82. The summed E-state index contributed by atoms with van der Waals surface area (Å²) in [6.45, 7) is 5.00. The third-order valence-electron chi connectivity index (χ3n) is 2.61. The minimum absolute atomic E-state index is 0.0995. The van der Waals surface area contributed by atoms with E-state index in [-0.39, 0.29) is 11.3 Å². The van der Waals surface area contributed by atoms with Gasteiger partial charge in [-0.3, -0.25) is 9.78 Å². The third kappa shape index (κ3) is 5.31. The zero-order valence-corrected chi connectivity index (χ0v) is 12.0. The Bertz CT molecular complexity index is 352. The first-order chi connectivity index (χ1) is 8.05. The standard InChI is InChI=1S/C13H19BrN2O/c1-13(2,7-5-8-14)10-16-12(17)11-6-3-4-9-15-11/h3-4,6,9H,5,7-8,10H2,1-2H3,(H,16,17). The van der Waals surface area contributed by atoms with Crippen LogP contribution in [0.5, 0.6) is 0 Å². The van der Waals surface area contributed by atoms with Crippen molar-refractivity contribution in [1.82, 2.24) is 10.3 Å². The maximum atomic E-state index is 11.8. The van der Waals surface area contributed by atoms with Crippen molar-refractivity contribution in [3.8, 4) is 0 Å². The highest BCUT2D eigenvalue weighted by molar-refractivity contribution is 9.09. The molecule has 1 aromatic heterocycles. The van der Waals surface area contributed by atoms with Gasteiger partial charge in [0.2, 0.25) is 0 Å². The van der Waals surface area contributed by atoms with Gasteiger partial charge >= 0.3 is 0 Å². The van der Waals surface area contributed by atoms with Crippen molar-refractivity contribution < 1.29 is 4.79 Å². The number of carbonyl (C=O) groups excluding carboxylic acids is 1. The summed E-state index contributed by atoms with van der Waals surface area (Å²) in [7, 11) is 0. The monoisotopic (exact) mass is 298 g/mol. The van der Waals surface area contributed by atoms with Crippen molar-refractivity contribution in [1.29, 1.82) is 0 Å². The van der Waals surface area contributed by atoms with Gasteiger partial charge in [-0.2, -0.15) is 0 Å². The Labute approximate surface area is 111 Å². The summed E-state index contributed by atoms with van der Waals surface area (Å²) < 4.78 is 0. The van der Waals surface area contributed by atoms with Crippen molar-refractivity contribution in [3.05, 3.63) is 30.1 Å². The number of hydrogen-bond acceptors (Lipinski definition) is 2. The first-order valence-corrected chi connectivity index (χ1v) is 6.92. The molecule has 0 bridgehead atoms. The number of nitrogens with one attached hydrogen (secondary N) is 1. The van der Waals surface area contributed by atoms with Crippen LogP contribution in [0.2, 0.25) is 0 Å². The highest BCUT2D eigenvalue weighted by Gasteiger charge is 2.18. The van der Waals surface area contributed by atoms with Crippen LogP contribution >= 0.6 is 15.9 Å². The zero-order valence-electron chi connectivity index (χ0n) is 10.4. The molecule has 0 radical (unpaired) electrons. The Kier molecular flexibility index (Phi) is 5.62. The average molecular weight is 299 g/mol. The lowest BCUT2D eigenvalue weighted by molar-refractivity contribution is 0.0929. The summed E-state index contributed by atoms with van der Waals surface area (Å²) in [5.41, 5.74) is 0.599. The van der Waals surface area contributed by atoms with Gasteiger partial charge in [0.05, 0.1) is 0 Å². The zero-order chi connectivity index (χ0) is 12.7. The number of pyridine rings is 1. The van der Waals surface area contributed by atoms with Crippen LogP contribution in [0.3, 0.4) is 0 Å². The van der Waals surface area contributed by atoms with Crippen LogP contribution in [0.1, 0.15) is 37.2 Å². The quantitative estimate of drug-likeness (QED) is 0.820. The number of nitrogens with zero attached hydrogens (tertiary/aromatic N) is 1. The molecular weight excluding hydrogens is 280 g/mol. The molecule has 0 spiro atoms. The van der Waals surface area contributed by atoms with Crippen molar-refractivity contribution >= 4 is 21.8 Å². The number of alkyl halides is 1. The lowest BCUT2D eigenvalue weighted by Crippen LogP contribution is -2.34. The van der Waals surface area contributed by atoms with Gasteiger partial charge in [-0.05, 0) is 30.4 Å². The van der Waals surface area contributed by atoms with E-state index in [1.807, 2.05) is 6.07 Å². The lowest BCUT2D eigenvalue weighted by atomic mass is 9.88. The molecule has 0 saturated carbocycles. The Morgan fingerprint density at radius 1 is 1.47 bits per heavy atom. The maximum Gasteiger partial charge on any atom is 0.269 e. The molecule has 0 aliphatic carbocycles. The van der Waals surface area contributed by atoms with Crippen LogP contribution in [0, 0.1) is 5.41 Å². The summed E-state index contributed by atoms with van der Waals surface area (Å²) in [4.78, 5) is 15.8. The number of carbonyl (C=O) groups is 1. The predicted molar refractivity (Wildman–Crippen MR) is 73.4 cm³/mol. The normalized spacial score (nSPS) is 11.2. The molecular formula is C13H19BrN2O. The molecule has 1 rings (SSSR count). The fraction of sp³-hybridized carbons (Fsp3) is 0.538. The number of hydrogen-bond donors (Lipinski definition) is 1. The van der Waals surface area contributed by atoms with Gasteiger partial charge < -0.3 is 5.32 Å². The van der Waals surface area contributed by atoms with Crippen LogP contribution in [0.25, 0.3) is 0 Å². The lowest BCUT2D eigenvalue weighted by Gasteiger charge is -2.24. The van der Waals surface area contributed by atoms with Crippen LogP contribution in [0.15, 0.2) is 24.4 Å². The molecule has 0 aliphatic rings. The molecule has 4 heteroatoms. The van der Waals surface area contributed by atoms with E-state index in [4.69, 9.17) is 0 Å². The van der Waals surface area contributed by atoms with Crippen LogP contribution < -0.4 is 5.32 Å². The Morgan fingerprint density at radius 3 is 2.82 bits per heavy atom. The summed E-state index contributed by atoms with van der Waals surface area (Å²) >= 11 is 3.42. The molecule has 94 valence electrons. The molecule has 17 heavy (non-hydrogen) atoms. The van der Waals surface area contributed by atoms with Gasteiger partial charge in [-0.25, -0.2) is 0 Å². The second-order valence-corrected chi connectivity index (χ2v) is 5.65. The van der Waals surface area contributed by atoms with E-state index in [0.717, 1.165) is 18.2 Å². The van der Waals surface area contributed by atoms with Crippen molar-refractivity contribution in [2.75, 3.05) is 11.9 Å². The van der Waals surface area contributed by atoms with Gasteiger partial charge in [-0.1, -0.05) is 35.8 Å². The summed E-state index contributed by atoms with van der Waals surface area (Å²) in [5, 5.41) is 3.94. The Balaban J connectivity index is 2.43. The molecule has 0 unspecified atom stereocenters. The van der Waals surface area contributed by atoms with Gasteiger partial charge in [0.1, 0.15) is 5.69 Å². The molecule has 0 aromatic carbocycles. The van der Waals surface area contributed by atoms with Crippen molar-refractivity contribution in [2.24, 2.45) is 5.41 Å². The fourth-order valence-electron chi connectivity index (χ4n) is 1.54. The van der Waals surface area contributed by atoms with Gasteiger partial charge in [-0.15, -0.1) is 0 Å². The molecule has 1 heterocycles. The largest absolute Gasteiger partial charge is 0.350 e. The minimum atomic E-state index is -0.0995. The van der Waals surface area contributed by atoms with Crippen molar-refractivity contribution in [3.63, 3.8) is 0 Å². The molecule has 0 saturated heterocycles. The Hall–Kier alpha value is -0.900. The third-order valence-corrected chi connectivity index (χ3v) is 3.17. The number of aromatic nitrogens is 1. The van der Waals surface area contributed by atoms with Gasteiger partial charge in [0.15, 0.2) is 0 Å². The van der Waals surface area contributed by atoms with E-state index in [0.29, 0.717) is 12.2 Å². The molecule has 1 amide bonds. The number of amides is 1. The summed E-state index contributed by atoms with van der Waals surface area (Å²) in [6.07, 6.45) is 3.83. The SMILES string of the molecule is CC(C)(CCCBr)CNC(=O)c1ccccn1. The van der Waals surface area contributed by atoms with E-state index in [1.165, 1.54) is 0 Å². The number of rotatable bonds is 6. The predicted octanol–water partition coefficient (Wildman–Crippen LogP) is 3.01. The Morgan fingerprint density at radius 2 is 2.24 bits per heavy atom. The highest BCUT2D eigenvalue weighted by Crippen LogP contribution is 2.21. The second-order valence-electron chi connectivity index (χ2n) is 4.85. The van der Waals surface area contributed by atoms with E-state index < -0.39 is 0 Å². The van der Waals surface area contributed by atoms with E-state index >= 15 is 0 Å². The smallest absolute Gasteiger partial charge is 0.269 e. The second kappa shape index (κ2) is 6.74. The van der Waals surface area contributed by atoms with Gasteiger partial charge in [0.25, 0.3) is 5.91 Å². The molecule has 0 atom stereocenters. The maximum absolute atomic E-state index is 11.8. The van der Waals surface area contributed by atoms with Crippen LogP contribution in [-0.4, -0.2) is 22.8 Å². The molecule has 0 aliphatic heterocycles. The molecule has 1 aromatic rings. The van der Waals surface area contributed by atoms with Crippen LogP contribution in [0.4, 0.5) is 0 Å². The van der Waals surface area contributed by atoms with E-state index in [1.54, 1.807) is 18.3 Å². The molecule has 1 N–H and O–H groups in total. The molecule has 0 fully saturated rings. The van der Waals surface area contributed by atoms with E-state index in [9.17, 15) is 4.79 Å². The minimum Gasteiger partial charge on any atom is -0.350 e. The molecule has 3 nitrogen and oxygen atoms in total. The topological polar surface area (TPSA) is 42.0 Å². The van der Waals surface area contributed by atoms with Crippen molar-refractivity contribution in [2.45, 2.75) is 26.7 Å². The van der Waals surface area contributed by atoms with E-state index in [2.05, 4.69) is 40.1 Å². The first kappa shape index (κ1) is 14.2. The summed E-state index contributed by atoms with van der Waals surface area (Å²) in [6, 6.07) is 5.34. The first-order valence-electron chi connectivity index (χ1n) is 5.80. The van der Waals surface area contributed by atoms with Gasteiger partial charge in [0, 0.05) is 18.1 Å². The van der Waals surface area contributed by atoms with Crippen LogP contribution in [-0.2, 0) is 0 Å². The highest BCUT2D eigenvalue weighted by atomic mass is 79.9.